The minimum atomic E-state index is -1.04. The number of aromatic hydroxyl groups is 1. The third-order valence-corrected chi connectivity index (χ3v) is 7.18. The van der Waals surface area contributed by atoms with Gasteiger partial charge in [-0.3, -0.25) is 14.5 Å². The van der Waals surface area contributed by atoms with Crippen molar-refractivity contribution in [2.75, 3.05) is 46.4 Å². The molecule has 0 spiro atoms. The zero-order valence-corrected chi connectivity index (χ0v) is 23.1. The Kier molecular flexibility index (Phi) is 8.44. The van der Waals surface area contributed by atoms with Crippen molar-refractivity contribution in [2.24, 2.45) is 4.99 Å². The third-order valence-electron chi connectivity index (χ3n) is 7.18. The summed E-state index contributed by atoms with van der Waals surface area (Å²) in [4.78, 5) is 40.3. The second-order valence-electron chi connectivity index (χ2n) is 9.97. The number of carbonyl (C=O) groups is 2. The fraction of sp³-hybridized carbons (Fsp3) is 0.258. The van der Waals surface area contributed by atoms with E-state index in [1.807, 2.05) is 30.3 Å². The van der Waals surface area contributed by atoms with E-state index in [4.69, 9.17) is 9.83 Å². The molecule has 0 bridgehead atoms. The van der Waals surface area contributed by atoms with Crippen LogP contribution in [0, 0.1) is 6.92 Å². The summed E-state index contributed by atoms with van der Waals surface area (Å²) in [5, 5.41) is 25.7. The Morgan fingerprint density at radius 3 is 2.41 bits per heavy atom. The van der Waals surface area contributed by atoms with Crippen LogP contribution in [0.1, 0.15) is 37.4 Å². The lowest BCUT2D eigenvalue weighted by Gasteiger charge is -2.27. The number of carboxylic acid groups (broad SMARTS) is 1. The van der Waals surface area contributed by atoms with Crippen LogP contribution in [0.4, 0.5) is 5.69 Å². The molecule has 1 saturated heterocycles. The van der Waals surface area contributed by atoms with Gasteiger partial charge in [0.2, 0.25) is 0 Å². The number of amides is 1. The second kappa shape index (κ2) is 12.3. The van der Waals surface area contributed by atoms with Crippen molar-refractivity contribution in [2.45, 2.75) is 6.92 Å². The maximum atomic E-state index is 12.9. The van der Waals surface area contributed by atoms with E-state index in [-0.39, 0.29) is 17.4 Å². The fourth-order valence-corrected chi connectivity index (χ4v) is 4.96. The Morgan fingerprint density at radius 1 is 1.02 bits per heavy atom. The molecule has 10 nitrogen and oxygen atoms in total. The molecule has 0 saturated carbocycles. The first-order valence-electron chi connectivity index (χ1n) is 13.5. The molecule has 1 amide bonds. The highest BCUT2D eigenvalue weighted by molar-refractivity contribution is 6.22. The first-order chi connectivity index (χ1) is 19.8. The van der Waals surface area contributed by atoms with Gasteiger partial charge in [0, 0.05) is 61.8 Å². The molecule has 4 N–H and O–H groups in total. The van der Waals surface area contributed by atoms with Gasteiger partial charge in [0.05, 0.1) is 29.1 Å². The highest BCUT2D eigenvalue weighted by Gasteiger charge is 2.21. The summed E-state index contributed by atoms with van der Waals surface area (Å²) in [6, 6.07) is 19.5. The molecule has 5 rings (SSSR count). The van der Waals surface area contributed by atoms with Crippen molar-refractivity contribution in [3.8, 4) is 5.88 Å². The highest BCUT2D eigenvalue weighted by Crippen LogP contribution is 2.33. The molecule has 0 unspecified atom stereocenters. The molecule has 2 heterocycles. The number of benzene rings is 3. The highest BCUT2D eigenvalue weighted by atomic mass is 16.7. The predicted molar refractivity (Wildman–Crippen MR) is 157 cm³/mol. The number of aromatic nitrogens is 1. The second-order valence-corrected chi connectivity index (χ2v) is 9.97. The third kappa shape index (κ3) is 6.30. The molecular formula is C31H33N5O5. The lowest BCUT2D eigenvalue weighted by Crippen LogP contribution is -2.45. The number of nitrogens with one attached hydrogen (secondary N) is 2. The van der Waals surface area contributed by atoms with Gasteiger partial charge in [-0.25, -0.2) is 14.9 Å². The lowest BCUT2D eigenvalue weighted by molar-refractivity contribution is -0.110. The first kappa shape index (κ1) is 28.0. The average molecular weight is 556 g/mol. The summed E-state index contributed by atoms with van der Waals surface area (Å²) >= 11 is 0. The van der Waals surface area contributed by atoms with Crippen LogP contribution in [0.2, 0.25) is 0 Å². The molecule has 1 aliphatic rings. The minimum Gasteiger partial charge on any atom is -0.494 e. The molecule has 0 aliphatic carbocycles. The Balaban J connectivity index is 1.40. The van der Waals surface area contributed by atoms with E-state index in [2.05, 4.69) is 15.2 Å². The number of fused-ring (bicyclic) bond motifs is 1. The van der Waals surface area contributed by atoms with Crippen LogP contribution in [0.25, 0.3) is 10.9 Å². The number of hydrogen-bond acceptors (Lipinski definition) is 7. The van der Waals surface area contributed by atoms with Crippen molar-refractivity contribution in [3.63, 3.8) is 0 Å². The topological polar surface area (TPSA) is 130 Å². The molecule has 212 valence electrons. The molecule has 1 fully saturated rings. The smallest absolute Gasteiger partial charge is 0.336 e. The molecule has 1 aromatic heterocycles. The van der Waals surface area contributed by atoms with E-state index < -0.39 is 5.97 Å². The van der Waals surface area contributed by atoms with E-state index in [0.717, 1.165) is 38.3 Å². The van der Waals surface area contributed by atoms with Gasteiger partial charge in [-0.15, -0.1) is 0 Å². The van der Waals surface area contributed by atoms with Crippen LogP contribution >= 0.6 is 0 Å². The summed E-state index contributed by atoms with van der Waals surface area (Å²) in [5.74, 6) is -1.42. The summed E-state index contributed by atoms with van der Waals surface area (Å²) < 4.78 is 0. The number of hydroxylamine groups is 2. The Hall–Kier alpha value is -4.51. The van der Waals surface area contributed by atoms with E-state index in [1.54, 1.807) is 44.3 Å². The number of nitrogens with zero attached hydrogens (tertiary/aromatic N) is 3. The van der Waals surface area contributed by atoms with Crippen LogP contribution < -0.4 is 5.32 Å². The summed E-state index contributed by atoms with van der Waals surface area (Å²) in [7, 11) is 1.61. The number of aromatic amines is 1. The van der Waals surface area contributed by atoms with Gasteiger partial charge in [-0.1, -0.05) is 30.3 Å². The molecule has 1 aliphatic heterocycles. The summed E-state index contributed by atoms with van der Waals surface area (Å²) in [6.07, 6.45) is 0. The van der Waals surface area contributed by atoms with Crippen molar-refractivity contribution < 1.29 is 24.6 Å². The van der Waals surface area contributed by atoms with Gasteiger partial charge in [-0.2, -0.15) is 0 Å². The van der Waals surface area contributed by atoms with E-state index >= 15 is 0 Å². The van der Waals surface area contributed by atoms with Gasteiger partial charge < -0.3 is 20.5 Å². The van der Waals surface area contributed by atoms with Gasteiger partial charge in [0.25, 0.3) is 5.91 Å². The largest absolute Gasteiger partial charge is 0.494 e. The number of carboxylic acids is 1. The van der Waals surface area contributed by atoms with Crippen molar-refractivity contribution in [1.82, 2.24) is 20.3 Å². The quantitative estimate of drug-likeness (QED) is 0.182. The minimum absolute atomic E-state index is 0.115. The number of aliphatic imine (C=N–C) groups is 1. The van der Waals surface area contributed by atoms with Crippen LogP contribution in [-0.4, -0.2) is 89.1 Å². The van der Waals surface area contributed by atoms with Gasteiger partial charge >= 0.3 is 5.97 Å². The Bertz CT molecular complexity index is 1570. The predicted octanol–water partition coefficient (Wildman–Crippen LogP) is 3.96. The maximum absolute atomic E-state index is 12.9. The first-order valence-corrected chi connectivity index (χ1v) is 13.5. The summed E-state index contributed by atoms with van der Waals surface area (Å²) in [6.45, 7) is 6.75. The van der Waals surface area contributed by atoms with Gasteiger partial charge in [0.15, 0.2) is 5.88 Å². The zero-order chi connectivity index (χ0) is 28.9. The Labute approximate surface area is 237 Å². The van der Waals surface area contributed by atoms with E-state index in [0.29, 0.717) is 45.6 Å². The van der Waals surface area contributed by atoms with Crippen molar-refractivity contribution in [3.05, 3.63) is 94.5 Å². The standard InChI is InChI=1S/C31H33N5O5/c1-20-18-25-26(19-24(20)31(39)40)34-29(37)27(25)28(21-6-4-3-5-7-21)33-23-10-8-22(9-11-23)30(38)35(2)41-17-16-36-14-12-32-13-15-36/h3-11,18-19,32,34,37H,12-17H2,1-2H3,(H,39,40). The normalized spacial score (nSPS) is 14.3. The van der Waals surface area contributed by atoms with Crippen LogP contribution in [0.3, 0.4) is 0 Å². The van der Waals surface area contributed by atoms with Crippen LogP contribution in [-0.2, 0) is 4.84 Å². The number of aromatic carboxylic acids is 1. The number of hydrogen-bond donors (Lipinski definition) is 4. The molecule has 0 radical (unpaired) electrons. The van der Waals surface area contributed by atoms with Crippen LogP contribution in [0.5, 0.6) is 5.88 Å². The Morgan fingerprint density at radius 2 is 1.73 bits per heavy atom. The fourth-order valence-electron chi connectivity index (χ4n) is 4.96. The molecule has 0 atom stereocenters. The average Bonchev–Trinajstić information content (AvgIpc) is 3.30. The van der Waals surface area contributed by atoms with E-state index in [9.17, 15) is 19.8 Å². The van der Waals surface area contributed by atoms with Gasteiger partial charge in [-0.05, 0) is 48.9 Å². The molecule has 4 aromatic rings. The number of H-pyrrole nitrogens is 1. The number of piperazine rings is 1. The molecular weight excluding hydrogens is 522 g/mol. The van der Waals surface area contributed by atoms with E-state index in [1.165, 1.54) is 11.1 Å². The molecule has 10 heteroatoms. The van der Waals surface area contributed by atoms with Gasteiger partial charge in [0.1, 0.15) is 0 Å². The van der Waals surface area contributed by atoms with Crippen molar-refractivity contribution in [1.29, 1.82) is 0 Å². The maximum Gasteiger partial charge on any atom is 0.336 e. The molecule has 3 aromatic carbocycles. The lowest BCUT2D eigenvalue weighted by atomic mass is 9.98. The SMILES string of the molecule is Cc1cc2c(C(=Nc3ccc(C(=O)N(C)OCCN4CCNCC4)cc3)c3ccccc3)c(O)[nH]c2cc1C(=O)O. The molecule has 41 heavy (non-hydrogen) atoms. The number of carbonyl (C=O) groups excluding carboxylic acids is 1. The number of aryl methyl sites for hydroxylation is 1. The monoisotopic (exact) mass is 555 g/mol. The summed E-state index contributed by atoms with van der Waals surface area (Å²) in [5.41, 5.74) is 3.98. The zero-order valence-electron chi connectivity index (χ0n) is 23.1. The van der Waals surface area contributed by atoms with Crippen LogP contribution in [0.15, 0.2) is 71.7 Å². The number of rotatable bonds is 9. The van der Waals surface area contributed by atoms with Crippen molar-refractivity contribution >= 4 is 34.2 Å².